The van der Waals surface area contributed by atoms with Gasteiger partial charge in [0.2, 0.25) is 0 Å². The van der Waals surface area contributed by atoms with Crippen LogP contribution >= 0.6 is 0 Å². The lowest BCUT2D eigenvalue weighted by Gasteiger charge is -2.35. The molecule has 1 aromatic heterocycles. The van der Waals surface area contributed by atoms with Crippen molar-refractivity contribution in [2.45, 2.75) is 25.8 Å². The van der Waals surface area contributed by atoms with E-state index >= 15 is 0 Å². The molecule has 1 saturated heterocycles. The van der Waals surface area contributed by atoms with Crippen molar-refractivity contribution in [2.24, 2.45) is 5.73 Å². The second-order valence-corrected chi connectivity index (χ2v) is 6.85. The number of hydrogen-bond acceptors (Lipinski definition) is 3. The molecule has 2 heterocycles. The van der Waals surface area contributed by atoms with E-state index in [1.54, 1.807) is 6.20 Å². The van der Waals surface area contributed by atoms with E-state index in [1.807, 2.05) is 11.0 Å². The Kier molecular flexibility index (Phi) is 6.34. The van der Waals surface area contributed by atoms with Crippen LogP contribution in [-0.2, 0) is 19.4 Å². The molecule has 144 valence electrons. The summed E-state index contributed by atoms with van der Waals surface area (Å²) in [6, 6.07) is 7.58. The Bertz CT molecular complexity index is 788. The van der Waals surface area contributed by atoms with E-state index in [4.69, 9.17) is 11.1 Å². The summed E-state index contributed by atoms with van der Waals surface area (Å²) in [7, 11) is 0. The van der Waals surface area contributed by atoms with Gasteiger partial charge in [-0.15, -0.1) is 0 Å². The summed E-state index contributed by atoms with van der Waals surface area (Å²) in [5.41, 5.74) is 8.12. The standard InChI is InChI=1S/C20H25F2N5/c21-17-6-7-18(22)15(13-17)3-1-5-19-16(4-2-8-25-19)14-26-9-11-27(12-10-26)20(23)24/h2,4,6-8,13H,1,3,5,9-12,14H2,(H3,23,24). The highest BCUT2D eigenvalue weighted by Gasteiger charge is 2.18. The minimum atomic E-state index is -0.408. The summed E-state index contributed by atoms with van der Waals surface area (Å²) in [4.78, 5) is 8.69. The number of aromatic nitrogens is 1. The van der Waals surface area contributed by atoms with E-state index in [2.05, 4.69) is 16.0 Å². The smallest absolute Gasteiger partial charge is 0.188 e. The fourth-order valence-corrected chi connectivity index (χ4v) is 3.41. The van der Waals surface area contributed by atoms with Crippen molar-refractivity contribution in [2.75, 3.05) is 26.2 Å². The minimum Gasteiger partial charge on any atom is -0.370 e. The zero-order valence-electron chi connectivity index (χ0n) is 15.3. The van der Waals surface area contributed by atoms with Crippen LogP contribution in [0.3, 0.4) is 0 Å². The van der Waals surface area contributed by atoms with Gasteiger partial charge in [0.15, 0.2) is 5.96 Å². The van der Waals surface area contributed by atoms with E-state index in [9.17, 15) is 8.78 Å². The lowest BCUT2D eigenvalue weighted by Crippen LogP contribution is -2.50. The van der Waals surface area contributed by atoms with Crippen molar-refractivity contribution < 1.29 is 8.78 Å². The highest BCUT2D eigenvalue weighted by Crippen LogP contribution is 2.16. The summed E-state index contributed by atoms with van der Waals surface area (Å²) in [5, 5.41) is 7.51. The molecule has 0 aliphatic carbocycles. The van der Waals surface area contributed by atoms with Crippen LogP contribution in [0, 0.1) is 17.0 Å². The first kappa shape index (κ1) is 19.2. The van der Waals surface area contributed by atoms with Crippen LogP contribution in [0.15, 0.2) is 36.5 Å². The summed E-state index contributed by atoms with van der Waals surface area (Å²) in [6.45, 7) is 4.00. The van der Waals surface area contributed by atoms with Crippen LogP contribution in [0.5, 0.6) is 0 Å². The Morgan fingerprint density at radius 1 is 1.07 bits per heavy atom. The number of nitrogens with zero attached hydrogens (tertiary/aromatic N) is 3. The van der Waals surface area contributed by atoms with Crippen LogP contribution < -0.4 is 5.73 Å². The van der Waals surface area contributed by atoms with Gasteiger partial charge in [-0.05, 0) is 54.7 Å². The van der Waals surface area contributed by atoms with Crippen molar-refractivity contribution in [1.82, 2.24) is 14.8 Å². The predicted octanol–water partition coefficient (Wildman–Crippen LogP) is 2.55. The molecule has 0 saturated carbocycles. The maximum Gasteiger partial charge on any atom is 0.188 e. The van der Waals surface area contributed by atoms with Gasteiger partial charge in [0, 0.05) is 44.6 Å². The highest BCUT2D eigenvalue weighted by atomic mass is 19.1. The average molecular weight is 373 g/mol. The SMILES string of the molecule is N=C(N)N1CCN(Cc2cccnc2CCCc2cc(F)ccc2F)CC1. The van der Waals surface area contributed by atoms with Crippen LogP contribution in [0.1, 0.15) is 23.2 Å². The summed E-state index contributed by atoms with van der Waals surface area (Å²) < 4.78 is 27.0. The molecule has 27 heavy (non-hydrogen) atoms. The second kappa shape index (κ2) is 8.90. The van der Waals surface area contributed by atoms with Gasteiger partial charge in [0.25, 0.3) is 0 Å². The van der Waals surface area contributed by atoms with E-state index < -0.39 is 5.82 Å². The fraction of sp³-hybridized carbons (Fsp3) is 0.400. The zero-order valence-corrected chi connectivity index (χ0v) is 15.3. The highest BCUT2D eigenvalue weighted by molar-refractivity contribution is 5.74. The van der Waals surface area contributed by atoms with Crippen molar-refractivity contribution in [3.63, 3.8) is 0 Å². The van der Waals surface area contributed by atoms with Gasteiger partial charge in [-0.25, -0.2) is 8.78 Å². The Morgan fingerprint density at radius 2 is 1.85 bits per heavy atom. The number of halogens is 2. The molecule has 2 aromatic rings. The van der Waals surface area contributed by atoms with E-state index in [0.717, 1.165) is 56.5 Å². The lowest BCUT2D eigenvalue weighted by molar-refractivity contribution is 0.173. The quantitative estimate of drug-likeness (QED) is 0.603. The first-order valence-corrected chi connectivity index (χ1v) is 9.21. The van der Waals surface area contributed by atoms with Gasteiger partial charge in [-0.3, -0.25) is 15.3 Å². The molecule has 3 rings (SSSR count). The van der Waals surface area contributed by atoms with E-state index in [1.165, 1.54) is 12.1 Å². The molecule has 1 fully saturated rings. The van der Waals surface area contributed by atoms with Crippen LogP contribution in [0.4, 0.5) is 8.78 Å². The van der Waals surface area contributed by atoms with Crippen molar-refractivity contribution in [3.8, 4) is 0 Å². The molecule has 3 N–H and O–H groups in total. The lowest BCUT2D eigenvalue weighted by atomic mass is 10.0. The normalized spacial score (nSPS) is 15.1. The van der Waals surface area contributed by atoms with Crippen molar-refractivity contribution in [1.29, 1.82) is 5.41 Å². The molecule has 1 aliphatic heterocycles. The summed E-state index contributed by atoms with van der Waals surface area (Å²) in [5.74, 6) is -0.642. The number of guanidine groups is 1. The van der Waals surface area contributed by atoms with E-state index in [0.29, 0.717) is 18.4 Å². The van der Waals surface area contributed by atoms with Gasteiger partial charge in [-0.2, -0.15) is 0 Å². The largest absolute Gasteiger partial charge is 0.370 e. The van der Waals surface area contributed by atoms with Crippen LogP contribution in [0.25, 0.3) is 0 Å². The molecule has 0 spiro atoms. The molecular weight excluding hydrogens is 348 g/mol. The molecule has 1 aliphatic rings. The molecule has 0 bridgehead atoms. The number of piperazine rings is 1. The number of nitrogens with two attached hydrogens (primary N) is 1. The van der Waals surface area contributed by atoms with Crippen molar-refractivity contribution >= 4 is 5.96 Å². The number of nitrogens with one attached hydrogen (secondary N) is 1. The van der Waals surface area contributed by atoms with E-state index in [-0.39, 0.29) is 11.8 Å². The predicted molar refractivity (Wildman–Crippen MR) is 101 cm³/mol. The zero-order chi connectivity index (χ0) is 19.2. The maximum atomic E-state index is 13.8. The maximum absolute atomic E-state index is 13.8. The Balaban J connectivity index is 1.56. The molecule has 0 radical (unpaired) electrons. The molecule has 0 atom stereocenters. The number of hydrogen-bond donors (Lipinski definition) is 2. The van der Waals surface area contributed by atoms with Gasteiger partial charge >= 0.3 is 0 Å². The number of rotatable bonds is 6. The fourth-order valence-electron chi connectivity index (χ4n) is 3.41. The molecule has 1 aromatic carbocycles. The summed E-state index contributed by atoms with van der Waals surface area (Å²) in [6.07, 6.45) is 3.69. The third-order valence-electron chi connectivity index (χ3n) is 4.96. The second-order valence-electron chi connectivity index (χ2n) is 6.85. The number of benzene rings is 1. The average Bonchev–Trinajstić information content (AvgIpc) is 2.66. The number of aryl methyl sites for hydroxylation is 2. The molecule has 0 unspecified atom stereocenters. The van der Waals surface area contributed by atoms with Gasteiger partial charge in [-0.1, -0.05) is 6.07 Å². The first-order valence-electron chi connectivity index (χ1n) is 9.21. The third kappa shape index (κ3) is 5.23. The van der Waals surface area contributed by atoms with Crippen molar-refractivity contribution in [3.05, 3.63) is 65.0 Å². The third-order valence-corrected chi connectivity index (χ3v) is 4.96. The Morgan fingerprint density at radius 3 is 2.59 bits per heavy atom. The van der Waals surface area contributed by atoms with Gasteiger partial charge in [0.05, 0.1) is 0 Å². The Labute approximate surface area is 158 Å². The monoisotopic (exact) mass is 373 g/mol. The Hall–Kier alpha value is -2.54. The van der Waals surface area contributed by atoms with Gasteiger partial charge in [0.1, 0.15) is 11.6 Å². The molecular formula is C20H25F2N5. The first-order chi connectivity index (χ1) is 13.0. The number of pyridine rings is 1. The van der Waals surface area contributed by atoms with Crippen LogP contribution in [0.2, 0.25) is 0 Å². The van der Waals surface area contributed by atoms with Crippen LogP contribution in [-0.4, -0.2) is 46.9 Å². The van der Waals surface area contributed by atoms with Gasteiger partial charge < -0.3 is 10.6 Å². The topological polar surface area (TPSA) is 69.2 Å². The molecule has 7 heteroatoms. The molecule has 5 nitrogen and oxygen atoms in total. The molecule has 0 amide bonds. The summed E-state index contributed by atoms with van der Waals surface area (Å²) >= 11 is 0. The minimum absolute atomic E-state index is 0.126.